The van der Waals surface area contributed by atoms with Crippen LogP contribution in [0.5, 0.6) is 0 Å². The number of hydrogen-bond acceptors (Lipinski definition) is 5. The van der Waals surface area contributed by atoms with Gasteiger partial charge in [-0.15, -0.1) is 0 Å². The van der Waals surface area contributed by atoms with Crippen molar-refractivity contribution in [2.45, 2.75) is 66.2 Å². The van der Waals surface area contributed by atoms with Crippen LogP contribution in [-0.4, -0.2) is 6.71 Å². The lowest BCUT2D eigenvalue weighted by molar-refractivity contribution is 0.589. The summed E-state index contributed by atoms with van der Waals surface area (Å²) in [6.45, 7) is 18.1. The Balaban J connectivity index is 1.14. The molecule has 64 heavy (non-hydrogen) atoms. The molecule has 12 rings (SSSR count). The predicted molar refractivity (Wildman–Crippen MR) is 268 cm³/mol. The molecular weight excluding hydrogens is 783 g/mol. The number of para-hydroxylation sites is 2. The topological polar surface area (TPSA) is 45.9 Å². The monoisotopic (exact) mass is 832 g/mol. The lowest BCUT2D eigenvalue weighted by atomic mass is 9.35. The summed E-state index contributed by atoms with van der Waals surface area (Å²) in [5.41, 5.74) is 22.2. The quantitative estimate of drug-likeness (QED) is 0.165. The van der Waals surface area contributed by atoms with E-state index in [0.29, 0.717) is 0 Å². The van der Waals surface area contributed by atoms with Gasteiger partial charge in [0.2, 0.25) is 0 Å². The zero-order valence-corrected chi connectivity index (χ0v) is 37.6. The zero-order chi connectivity index (χ0) is 43.8. The highest BCUT2D eigenvalue weighted by Gasteiger charge is 2.47. The fourth-order valence-electron chi connectivity index (χ4n) is 10.5. The van der Waals surface area contributed by atoms with E-state index in [1.165, 1.54) is 38.9 Å². The van der Waals surface area contributed by atoms with Gasteiger partial charge < -0.3 is 23.1 Å². The lowest BCUT2D eigenvalue weighted by Gasteiger charge is -2.43. The highest BCUT2D eigenvalue weighted by atomic mass is 16.3. The minimum Gasteiger partial charge on any atom is -0.468 e. The van der Waals surface area contributed by atoms with Crippen LogP contribution in [0.3, 0.4) is 0 Å². The predicted octanol–water partition coefficient (Wildman–Crippen LogP) is 14.6. The van der Waals surface area contributed by atoms with E-state index in [0.717, 1.165) is 89.3 Å². The number of anilines is 6. The maximum atomic E-state index is 7.32. The molecular formula is C58H49BN2O3. The number of nitrogens with zero attached hydrogens (tertiary/aromatic N) is 2. The van der Waals surface area contributed by atoms with Crippen LogP contribution in [0.1, 0.15) is 63.8 Å². The van der Waals surface area contributed by atoms with Crippen LogP contribution in [0.4, 0.5) is 34.1 Å². The molecule has 0 atom stereocenters. The standard InChI is InChI=1S/C58H49BN2O3/c1-34-28-39(58(6,7)8)29-35(2)54(34)61-49-17-13-16-48-53(49)59(56-55(61)43-31-38(57(3,4)5)23-27-52(43)64-56)46-30-37(45-33-63-51-19-12-10-15-42(45)51)22-26-47(46)60(48)40-24-20-36(21-25-40)44-32-62-50-18-11-9-14-41(44)50/h9-33H,1-8H3. The normalized spacial score (nSPS) is 13.5. The van der Waals surface area contributed by atoms with Crippen LogP contribution in [0.15, 0.2) is 165 Å². The lowest BCUT2D eigenvalue weighted by Crippen LogP contribution is -2.61. The average molecular weight is 833 g/mol. The summed E-state index contributed by atoms with van der Waals surface area (Å²) < 4.78 is 19.5. The molecule has 0 aliphatic carbocycles. The van der Waals surface area contributed by atoms with Crippen LogP contribution < -0.4 is 26.4 Å². The molecule has 0 amide bonds. The first-order valence-corrected chi connectivity index (χ1v) is 22.4. The second kappa shape index (κ2) is 13.7. The fourth-order valence-corrected chi connectivity index (χ4v) is 10.5. The van der Waals surface area contributed by atoms with E-state index in [9.17, 15) is 0 Å². The molecule has 312 valence electrons. The van der Waals surface area contributed by atoms with Gasteiger partial charge in [-0.25, -0.2) is 0 Å². The third-order valence-corrected chi connectivity index (χ3v) is 13.7. The molecule has 5 nitrogen and oxygen atoms in total. The largest absolute Gasteiger partial charge is 0.468 e. The van der Waals surface area contributed by atoms with Crippen molar-refractivity contribution in [3.63, 3.8) is 0 Å². The molecule has 3 aromatic heterocycles. The van der Waals surface area contributed by atoms with Gasteiger partial charge in [0.15, 0.2) is 0 Å². The molecule has 0 saturated carbocycles. The van der Waals surface area contributed by atoms with Crippen molar-refractivity contribution in [3.05, 3.63) is 174 Å². The summed E-state index contributed by atoms with van der Waals surface area (Å²) in [6, 6.07) is 50.8. The first-order chi connectivity index (χ1) is 30.8. The van der Waals surface area contributed by atoms with Gasteiger partial charge in [0, 0.05) is 50.0 Å². The Hall–Kier alpha value is -7.18. The SMILES string of the molecule is Cc1cc(C(C)(C)C)cc(C)c1N1c2cccc3c2B(c2cc(-c4coc5ccccc45)ccc2N3c2ccc(-c3coc4ccccc34)cc2)c2oc3ccc(C(C)(C)C)cc3c21. The van der Waals surface area contributed by atoms with Crippen molar-refractivity contribution in [2.75, 3.05) is 9.80 Å². The van der Waals surface area contributed by atoms with E-state index in [-0.39, 0.29) is 17.5 Å². The van der Waals surface area contributed by atoms with Crippen LogP contribution in [0.2, 0.25) is 0 Å². The Morgan fingerprint density at radius 1 is 0.469 bits per heavy atom. The van der Waals surface area contributed by atoms with Gasteiger partial charge in [-0.3, -0.25) is 0 Å². The van der Waals surface area contributed by atoms with Crippen LogP contribution in [-0.2, 0) is 10.8 Å². The highest BCUT2D eigenvalue weighted by Crippen LogP contribution is 2.50. The molecule has 0 N–H and O–H groups in total. The van der Waals surface area contributed by atoms with Crippen molar-refractivity contribution >= 4 is 90.3 Å². The van der Waals surface area contributed by atoms with Gasteiger partial charge in [-0.1, -0.05) is 126 Å². The Morgan fingerprint density at radius 2 is 1.06 bits per heavy atom. The Bertz CT molecular complexity index is 3490. The average Bonchev–Trinajstić information content (AvgIpc) is 4.02. The van der Waals surface area contributed by atoms with Gasteiger partial charge in [0.1, 0.15) is 16.7 Å². The molecule has 0 fully saturated rings. The molecule has 6 heteroatoms. The molecule has 10 aromatic rings. The van der Waals surface area contributed by atoms with Crippen molar-refractivity contribution in [3.8, 4) is 22.3 Å². The molecule has 0 radical (unpaired) electrons. The number of fused-ring (bicyclic) bond motifs is 8. The van der Waals surface area contributed by atoms with Gasteiger partial charge >= 0.3 is 0 Å². The minimum atomic E-state index is -0.196. The number of hydrogen-bond donors (Lipinski definition) is 0. The molecule has 7 aromatic carbocycles. The molecule has 0 spiro atoms. The molecule has 0 unspecified atom stereocenters. The number of aryl methyl sites for hydroxylation is 2. The second-order valence-electron chi connectivity index (χ2n) is 19.9. The minimum absolute atomic E-state index is 0.00452. The van der Waals surface area contributed by atoms with Gasteiger partial charge in [-0.2, -0.15) is 0 Å². The summed E-state index contributed by atoms with van der Waals surface area (Å²) in [4.78, 5) is 4.98. The first-order valence-electron chi connectivity index (χ1n) is 22.4. The Kier molecular flexibility index (Phi) is 8.22. The van der Waals surface area contributed by atoms with Crippen LogP contribution >= 0.6 is 0 Å². The molecule has 5 heterocycles. The summed E-state index contributed by atoms with van der Waals surface area (Å²) >= 11 is 0. The molecule has 0 saturated heterocycles. The van der Waals surface area contributed by atoms with Crippen LogP contribution in [0.25, 0.3) is 55.2 Å². The number of rotatable bonds is 4. The third kappa shape index (κ3) is 5.71. The number of furan rings is 3. The van der Waals surface area contributed by atoms with E-state index >= 15 is 0 Å². The smallest absolute Gasteiger partial charge is 0.297 e. The Labute approximate surface area is 374 Å². The summed E-state index contributed by atoms with van der Waals surface area (Å²) in [7, 11) is 0. The van der Waals surface area contributed by atoms with Crippen LogP contribution in [0, 0.1) is 13.8 Å². The molecule has 2 aliphatic rings. The molecule has 2 aliphatic heterocycles. The second-order valence-corrected chi connectivity index (χ2v) is 19.9. The highest BCUT2D eigenvalue weighted by molar-refractivity contribution is 7.00. The van der Waals surface area contributed by atoms with Crippen molar-refractivity contribution in [2.24, 2.45) is 0 Å². The fraction of sp³-hybridized carbons (Fsp3) is 0.172. The summed E-state index contributed by atoms with van der Waals surface area (Å²) in [5, 5.41) is 3.33. The Morgan fingerprint density at radius 3 is 1.70 bits per heavy atom. The zero-order valence-electron chi connectivity index (χ0n) is 37.6. The van der Waals surface area contributed by atoms with E-state index < -0.39 is 0 Å². The summed E-state index contributed by atoms with van der Waals surface area (Å²) in [6.07, 6.45) is 3.78. The number of benzene rings is 7. The van der Waals surface area contributed by atoms with E-state index in [1.54, 1.807) is 0 Å². The van der Waals surface area contributed by atoms with E-state index in [4.69, 9.17) is 13.3 Å². The van der Waals surface area contributed by atoms with Crippen molar-refractivity contribution < 1.29 is 13.3 Å². The summed E-state index contributed by atoms with van der Waals surface area (Å²) in [5.74, 6) is 0. The van der Waals surface area contributed by atoms with Gasteiger partial charge in [-0.05, 0) is 124 Å². The maximum absolute atomic E-state index is 7.32. The van der Waals surface area contributed by atoms with Gasteiger partial charge in [0.25, 0.3) is 6.71 Å². The maximum Gasteiger partial charge on any atom is 0.297 e. The molecule has 0 bridgehead atoms. The van der Waals surface area contributed by atoms with Crippen molar-refractivity contribution in [1.29, 1.82) is 0 Å². The van der Waals surface area contributed by atoms with Gasteiger partial charge in [0.05, 0.1) is 29.6 Å². The van der Waals surface area contributed by atoms with E-state index in [2.05, 4.69) is 180 Å². The third-order valence-electron chi connectivity index (χ3n) is 13.7. The van der Waals surface area contributed by atoms with Crippen molar-refractivity contribution in [1.82, 2.24) is 0 Å². The first kappa shape index (κ1) is 38.5. The van der Waals surface area contributed by atoms with E-state index in [1.807, 2.05) is 36.8 Å².